The van der Waals surface area contributed by atoms with Crippen LogP contribution in [0.3, 0.4) is 0 Å². The second-order valence-corrected chi connectivity index (χ2v) is 10.7. The summed E-state index contributed by atoms with van der Waals surface area (Å²) in [6.45, 7) is 10.1. The molecule has 5 nitrogen and oxygen atoms in total. The molecule has 2 fully saturated rings. The van der Waals surface area contributed by atoms with Gasteiger partial charge in [0.05, 0.1) is 12.2 Å². The molecule has 6 heteroatoms. The first-order chi connectivity index (χ1) is 13.9. The number of nitrogens with zero attached hydrogens (tertiary/aromatic N) is 1. The molecule has 29 heavy (non-hydrogen) atoms. The highest BCUT2D eigenvalue weighted by atomic mass is 32.1. The third-order valence-electron chi connectivity index (χ3n) is 7.07. The summed E-state index contributed by atoms with van der Waals surface area (Å²) in [5, 5.41) is 12.9. The molecule has 1 saturated carbocycles. The summed E-state index contributed by atoms with van der Waals surface area (Å²) in [5.41, 5.74) is 1.44. The van der Waals surface area contributed by atoms with Crippen molar-refractivity contribution >= 4 is 17.2 Å². The Morgan fingerprint density at radius 1 is 1.38 bits per heavy atom. The van der Waals surface area contributed by atoms with Gasteiger partial charge in [-0.15, -0.1) is 11.3 Å². The van der Waals surface area contributed by atoms with Crippen LogP contribution in [0.2, 0.25) is 0 Å². The van der Waals surface area contributed by atoms with E-state index in [1.807, 2.05) is 25.2 Å². The van der Waals surface area contributed by atoms with Gasteiger partial charge in [-0.25, -0.2) is 0 Å². The number of rotatable bonds is 6. The lowest BCUT2D eigenvalue weighted by atomic mass is 9.78. The minimum Gasteiger partial charge on any atom is -0.383 e. The Labute approximate surface area is 178 Å². The lowest BCUT2D eigenvalue weighted by Gasteiger charge is -2.46. The van der Waals surface area contributed by atoms with Crippen molar-refractivity contribution in [2.24, 2.45) is 11.8 Å². The van der Waals surface area contributed by atoms with Gasteiger partial charge in [-0.2, -0.15) is 0 Å². The summed E-state index contributed by atoms with van der Waals surface area (Å²) in [6, 6.07) is 2.65. The Bertz CT molecular complexity index is 718. The lowest BCUT2D eigenvalue weighted by molar-refractivity contribution is -0.133. The van der Waals surface area contributed by atoms with Gasteiger partial charge in [-0.3, -0.25) is 4.79 Å². The first-order valence-corrected chi connectivity index (χ1v) is 12.2. The van der Waals surface area contributed by atoms with E-state index >= 15 is 0 Å². The average Bonchev–Trinajstić information content (AvgIpc) is 3.12. The predicted molar refractivity (Wildman–Crippen MR) is 116 cm³/mol. The van der Waals surface area contributed by atoms with E-state index in [2.05, 4.69) is 23.2 Å². The molecule has 3 heterocycles. The molecular formula is C23H36N2O3S. The lowest BCUT2D eigenvalue weighted by Crippen LogP contribution is -2.52. The van der Waals surface area contributed by atoms with Gasteiger partial charge in [0.25, 0.3) is 0 Å². The SMILES string of the molecule is CCc1cc2c(s1)CCOC21CCN(CC2CC(NC(=O)C(O)C(C)C)C2)CC1. The third kappa shape index (κ3) is 4.41. The highest BCUT2D eigenvalue weighted by Crippen LogP contribution is 2.45. The van der Waals surface area contributed by atoms with Crippen LogP contribution in [0, 0.1) is 11.8 Å². The van der Waals surface area contributed by atoms with Crippen molar-refractivity contribution in [2.75, 3.05) is 26.2 Å². The molecule has 1 atom stereocenters. The summed E-state index contributed by atoms with van der Waals surface area (Å²) < 4.78 is 6.40. The molecule has 1 aliphatic carbocycles. The van der Waals surface area contributed by atoms with Gasteiger partial charge in [0.2, 0.25) is 5.91 Å². The molecule has 0 aromatic carbocycles. The Balaban J connectivity index is 1.24. The Hall–Kier alpha value is -0.950. The molecule has 3 aliphatic rings. The normalized spacial score (nSPS) is 27.5. The van der Waals surface area contributed by atoms with E-state index in [-0.39, 0.29) is 23.5 Å². The molecule has 1 aromatic heterocycles. The maximum absolute atomic E-state index is 12.0. The summed E-state index contributed by atoms with van der Waals surface area (Å²) in [7, 11) is 0. The average molecular weight is 421 g/mol. The Morgan fingerprint density at radius 2 is 2.10 bits per heavy atom. The molecule has 162 valence electrons. The molecule has 1 unspecified atom stereocenters. The van der Waals surface area contributed by atoms with Crippen molar-refractivity contribution in [3.05, 3.63) is 21.4 Å². The number of carbonyl (C=O) groups is 1. The summed E-state index contributed by atoms with van der Waals surface area (Å²) in [5.74, 6) is 0.405. The predicted octanol–water partition coefficient (Wildman–Crippen LogP) is 3.09. The first kappa shape index (κ1) is 21.3. The maximum Gasteiger partial charge on any atom is 0.249 e. The third-order valence-corrected chi connectivity index (χ3v) is 8.41. The second-order valence-electron chi connectivity index (χ2n) is 9.53. The number of aliphatic hydroxyl groups is 1. The number of aliphatic hydroxyl groups excluding tert-OH is 1. The summed E-state index contributed by atoms with van der Waals surface area (Å²) in [6.07, 6.45) is 5.55. The number of likely N-dealkylation sites (tertiary alicyclic amines) is 1. The van der Waals surface area contributed by atoms with Crippen molar-refractivity contribution in [1.29, 1.82) is 0 Å². The minimum absolute atomic E-state index is 0.0364. The quantitative estimate of drug-likeness (QED) is 0.742. The van der Waals surface area contributed by atoms with Gasteiger partial charge in [0.1, 0.15) is 6.10 Å². The Kier molecular flexibility index (Phi) is 6.35. The van der Waals surface area contributed by atoms with Gasteiger partial charge >= 0.3 is 0 Å². The van der Waals surface area contributed by atoms with Crippen LogP contribution in [0.25, 0.3) is 0 Å². The Morgan fingerprint density at radius 3 is 2.76 bits per heavy atom. The van der Waals surface area contributed by atoms with Crippen molar-refractivity contribution in [3.63, 3.8) is 0 Å². The number of carbonyl (C=O) groups excluding carboxylic acids is 1. The zero-order valence-electron chi connectivity index (χ0n) is 18.1. The molecule has 4 rings (SSSR count). The fourth-order valence-electron chi connectivity index (χ4n) is 5.11. The van der Waals surface area contributed by atoms with E-state index in [1.165, 1.54) is 10.4 Å². The zero-order valence-corrected chi connectivity index (χ0v) is 18.9. The standard InChI is InChI=1S/C23H36N2O3S/c1-4-18-13-19-20(29-18)5-10-28-23(19)6-8-25(9-7-23)14-16-11-17(12-16)24-22(27)21(26)15(2)3/h13,15-17,21,26H,4-12,14H2,1-3H3,(H,24,27). The van der Waals surface area contributed by atoms with Crippen molar-refractivity contribution in [3.8, 4) is 0 Å². The van der Waals surface area contributed by atoms with Gasteiger partial charge in [-0.05, 0) is 55.6 Å². The number of hydrogen-bond donors (Lipinski definition) is 2. The van der Waals surface area contributed by atoms with Crippen molar-refractivity contribution in [1.82, 2.24) is 10.2 Å². The molecule has 1 saturated heterocycles. The number of piperidine rings is 1. The van der Waals surface area contributed by atoms with Gasteiger partial charge < -0.3 is 20.1 Å². The second kappa shape index (κ2) is 8.66. The van der Waals surface area contributed by atoms with Crippen LogP contribution in [0.4, 0.5) is 0 Å². The van der Waals surface area contributed by atoms with Crippen LogP contribution in [0.1, 0.15) is 61.8 Å². The monoisotopic (exact) mass is 420 g/mol. The zero-order chi connectivity index (χ0) is 20.6. The molecule has 2 aliphatic heterocycles. The summed E-state index contributed by atoms with van der Waals surface area (Å²) in [4.78, 5) is 17.6. The fraction of sp³-hybridized carbons (Fsp3) is 0.783. The molecule has 2 N–H and O–H groups in total. The number of hydrogen-bond acceptors (Lipinski definition) is 5. The van der Waals surface area contributed by atoms with Crippen LogP contribution in [-0.4, -0.2) is 54.3 Å². The number of amides is 1. The first-order valence-electron chi connectivity index (χ1n) is 11.4. The van der Waals surface area contributed by atoms with E-state index in [9.17, 15) is 9.90 Å². The molecule has 1 spiro atoms. The molecule has 0 bridgehead atoms. The fourth-order valence-corrected chi connectivity index (χ4v) is 6.29. The van der Waals surface area contributed by atoms with Crippen LogP contribution in [0.15, 0.2) is 6.07 Å². The maximum atomic E-state index is 12.0. The van der Waals surface area contributed by atoms with E-state index < -0.39 is 6.10 Å². The summed E-state index contributed by atoms with van der Waals surface area (Å²) >= 11 is 1.99. The van der Waals surface area contributed by atoms with E-state index in [1.54, 1.807) is 4.88 Å². The topological polar surface area (TPSA) is 61.8 Å². The highest BCUT2D eigenvalue weighted by Gasteiger charge is 2.42. The van der Waals surface area contributed by atoms with Crippen molar-refractivity contribution in [2.45, 2.75) is 77.0 Å². The van der Waals surface area contributed by atoms with Crippen molar-refractivity contribution < 1.29 is 14.6 Å². The van der Waals surface area contributed by atoms with Crippen LogP contribution in [-0.2, 0) is 28.0 Å². The largest absolute Gasteiger partial charge is 0.383 e. The van der Waals surface area contributed by atoms with Crippen LogP contribution < -0.4 is 5.32 Å². The molecular weight excluding hydrogens is 384 g/mol. The van der Waals surface area contributed by atoms with Gasteiger partial charge in [0, 0.05) is 41.9 Å². The minimum atomic E-state index is -0.891. The molecule has 1 amide bonds. The number of nitrogens with one attached hydrogen (secondary N) is 1. The van der Waals surface area contributed by atoms with Crippen LogP contribution >= 0.6 is 11.3 Å². The van der Waals surface area contributed by atoms with E-state index in [0.717, 1.165) is 64.8 Å². The number of aryl methyl sites for hydroxylation is 1. The molecule has 1 aromatic rings. The van der Waals surface area contributed by atoms with E-state index in [0.29, 0.717) is 5.92 Å². The number of fused-ring (bicyclic) bond motifs is 2. The number of ether oxygens (including phenoxy) is 1. The van der Waals surface area contributed by atoms with Crippen LogP contribution in [0.5, 0.6) is 0 Å². The van der Waals surface area contributed by atoms with Gasteiger partial charge in [-0.1, -0.05) is 20.8 Å². The number of thiophene rings is 1. The smallest absolute Gasteiger partial charge is 0.249 e. The van der Waals surface area contributed by atoms with Gasteiger partial charge in [0.15, 0.2) is 0 Å². The van der Waals surface area contributed by atoms with E-state index in [4.69, 9.17) is 4.74 Å². The molecule has 0 radical (unpaired) electrons. The highest BCUT2D eigenvalue weighted by molar-refractivity contribution is 7.12.